The zero-order valence-corrected chi connectivity index (χ0v) is 13.3. The highest BCUT2D eigenvalue weighted by Gasteiger charge is 2.30. The van der Waals surface area contributed by atoms with Crippen LogP contribution >= 0.6 is 11.6 Å². The predicted octanol–water partition coefficient (Wildman–Crippen LogP) is 3.11. The molecule has 0 N–H and O–H groups in total. The van der Waals surface area contributed by atoms with Crippen LogP contribution in [-0.2, 0) is 5.88 Å². The Balaban J connectivity index is 1.80. The Morgan fingerprint density at radius 3 is 2.70 bits per heavy atom. The summed E-state index contributed by atoms with van der Waals surface area (Å²) in [6.45, 7) is 9.00. The van der Waals surface area contributed by atoms with Gasteiger partial charge in [-0.05, 0) is 57.8 Å². The first-order chi connectivity index (χ1) is 9.69. The first-order valence-electron chi connectivity index (χ1n) is 7.71. The van der Waals surface area contributed by atoms with Gasteiger partial charge in [-0.3, -0.25) is 4.90 Å². The quantitative estimate of drug-likeness (QED) is 0.798. The second kappa shape index (κ2) is 5.90. The Morgan fingerprint density at radius 1 is 1.25 bits per heavy atom. The number of pyridine rings is 1. The fraction of sp³-hybridized carbons (Fsp3) is 0.688. The third-order valence-electron chi connectivity index (χ3n) is 4.71. The number of hydrogen-bond acceptors (Lipinski definition) is 3. The second-order valence-corrected chi connectivity index (χ2v) is 6.42. The lowest BCUT2D eigenvalue weighted by Gasteiger charge is -2.25. The van der Waals surface area contributed by atoms with Crippen molar-refractivity contribution >= 4 is 17.4 Å². The molecule has 2 aliphatic rings. The van der Waals surface area contributed by atoms with Gasteiger partial charge in [0.25, 0.3) is 0 Å². The van der Waals surface area contributed by atoms with Gasteiger partial charge in [-0.1, -0.05) is 0 Å². The van der Waals surface area contributed by atoms with Crippen molar-refractivity contribution in [2.75, 3.05) is 31.1 Å². The van der Waals surface area contributed by atoms with E-state index in [0.717, 1.165) is 24.6 Å². The molecule has 0 radical (unpaired) electrons. The number of likely N-dealkylation sites (tertiary alicyclic amines) is 1. The number of alkyl halides is 1. The van der Waals surface area contributed by atoms with Gasteiger partial charge in [-0.25, -0.2) is 4.98 Å². The summed E-state index contributed by atoms with van der Waals surface area (Å²) in [4.78, 5) is 9.87. The van der Waals surface area contributed by atoms with E-state index in [2.05, 4.69) is 29.7 Å². The van der Waals surface area contributed by atoms with Crippen LogP contribution in [0.4, 0.5) is 5.82 Å². The summed E-state index contributed by atoms with van der Waals surface area (Å²) < 4.78 is 0. The minimum atomic E-state index is 0.555. The molecule has 1 atom stereocenters. The monoisotopic (exact) mass is 293 g/mol. The topological polar surface area (TPSA) is 19.4 Å². The van der Waals surface area contributed by atoms with Gasteiger partial charge in [-0.15, -0.1) is 11.6 Å². The van der Waals surface area contributed by atoms with Crippen LogP contribution in [0.15, 0.2) is 6.07 Å². The smallest absolute Gasteiger partial charge is 0.133 e. The summed E-state index contributed by atoms with van der Waals surface area (Å²) in [6.07, 6.45) is 3.99. The molecule has 110 valence electrons. The van der Waals surface area contributed by atoms with Crippen LogP contribution in [0.3, 0.4) is 0 Å². The van der Waals surface area contributed by atoms with Crippen LogP contribution in [0.25, 0.3) is 0 Å². The average Bonchev–Trinajstić information content (AvgIpc) is 3.09. The molecule has 1 aromatic heterocycles. The van der Waals surface area contributed by atoms with Gasteiger partial charge in [0, 0.05) is 30.4 Å². The van der Waals surface area contributed by atoms with Crippen LogP contribution < -0.4 is 4.90 Å². The third kappa shape index (κ3) is 2.66. The molecule has 0 aliphatic carbocycles. The minimum absolute atomic E-state index is 0.555. The van der Waals surface area contributed by atoms with E-state index in [1.165, 1.54) is 43.5 Å². The van der Waals surface area contributed by atoms with Crippen molar-refractivity contribution < 1.29 is 0 Å². The predicted molar refractivity (Wildman–Crippen MR) is 84.7 cm³/mol. The zero-order valence-electron chi connectivity index (χ0n) is 12.5. The molecule has 3 heterocycles. The van der Waals surface area contributed by atoms with E-state index in [4.69, 9.17) is 16.6 Å². The molecule has 0 spiro atoms. The molecule has 0 saturated carbocycles. The van der Waals surface area contributed by atoms with Crippen molar-refractivity contribution in [2.45, 2.75) is 45.0 Å². The van der Waals surface area contributed by atoms with Crippen molar-refractivity contribution in [3.05, 3.63) is 22.9 Å². The van der Waals surface area contributed by atoms with Gasteiger partial charge >= 0.3 is 0 Å². The second-order valence-electron chi connectivity index (χ2n) is 6.15. The van der Waals surface area contributed by atoms with Crippen molar-refractivity contribution in [3.63, 3.8) is 0 Å². The van der Waals surface area contributed by atoms with E-state index in [1.807, 2.05) is 0 Å². The summed E-state index contributed by atoms with van der Waals surface area (Å²) in [7, 11) is 0. The van der Waals surface area contributed by atoms with Gasteiger partial charge in [0.1, 0.15) is 5.82 Å². The molecule has 2 aliphatic heterocycles. The van der Waals surface area contributed by atoms with Crippen LogP contribution in [-0.4, -0.2) is 42.1 Å². The Morgan fingerprint density at radius 2 is 2.00 bits per heavy atom. The van der Waals surface area contributed by atoms with Gasteiger partial charge in [-0.2, -0.15) is 0 Å². The van der Waals surface area contributed by atoms with Crippen molar-refractivity contribution in [3.8, 4) is 0 Å². The summed E-state index contributed by atoms with van der Waals surface area (Å²) in [5.41, 5.74) is 3.57. The number of anilines is 1. The number of aryl methyl sites for hydroxylation is 2. The fourth-order valence-corrected chi connectivity index (χ4v) is 3.94. The molecule has 2 fully saturated rings. The van der Waals surface area contributed by atoms with Gasteiger partial charge < -0.3 is 4.90 Å². The highest BCUT2D eigenvalue weighted by molar-refractivity contribution is 6.17. The Hall–Kier alpha value is -0.800. The van der Waals surface area contributed by atoms with E-state index >= 15 is 0 Å². The van der Waals surface area contributed by atoms with Gasteiger partial charge in [0.05, 0.1) is 5.88 Å². The molecule has 3 rings (SSSR count). The summed E-state index contributed by atoms with van der Waals surface area (Å²) in [6, 6.07) is 2.85. The van der Waals surface area contributed by atoms with Crippen LogP contribution in [0.1, 0.15) is 36.1 Å². The standard InChI is InChI=1S/C16H24ClN3/c1-12-9-13(2)18-16(15(12)10-17)20-8-5-14(11-20)19-6-3-4-7-19/h9,14H,3-8,10-11H2,1-2H3. The third-order valence-corrected chi connectivity index (χ3v) is 4.97. The lowest BCUT2D eigenvalue weighted by Crippen LogP contribution is -2.35. The molecular weight excluding hydrogens is 270 g/mol. The molecule has 0 amide bonds. The van der Waals surface area contributed by atoms with Gasteiger partial charge in [0.15, 0.2) is 0 Å². The number of hydrogen-bond donors (Lipinski definition) is 0. The SMILES string of the molecule is Cc1cc(C)c(CCl)c(N2CCC(N3CCCC3)C2)n1. The molecule has 20 heavy (non-hydrogen) atoms. The number of rotatable bonds is 3. The Labute approximate surface area is 126 Å². The fourth-order valence-electron chi connectivity index (χ4n) is 3.61. The average molecular weight is 294 g/mol. The van der Waals surface area contributed by atoms with Crippen molar-refractivity contribution in [1.29, 1.82) is 0 Å². The number of nitrogens with zero attached hydrogens (tertiary/aromatic N) is 3. The van der Waals surface area contributed by atoms with E-state index in [0.29, 0.717) is 11.9 Å². The number of halogens is 1. The largest absolute Gasteiger partial charge is 0.355 e. The van der Waals surface area contributed by atoms with Crippen LogP contribution in [0, 0.1) is 13.8 Å². The van der Waals surface area contributed by atoms with E-state index in [-0.39, 0.29) is 0 Å². The normalized spacial score (nSPS) is 23.8. The molecule has 1 unspecified atom stereocenters. The first-order valence-corrected chi connectivity index (χ1v) is 8.24. The molecular formula is C16H24ClN3. The van der Waals surface area contributed by atoms with Crippen molar-refractivity contribution in [1.82, 2.24) is 9.88 Å². The highest BCUT2D eigenvalue weighted by Crippen LogP contribution is 2.29. The van der Waals surface area contributed by atoms with Crippen molar-refractivity contribution in [2.24, 2.45) is 0 Å². The number of aromatic nitrogens is 1. The van der Waals surface area contributed by atoms with Crippen LogP contribution in [0.2, 0.25) is 0 Å². The summed E-state index contributed by atoms with van der Waals surface area (Å²) in [5.74, 6) is 1.68. The van der Waals surface area contributed by atoms with Crippen LogP contribution in [0.5, 0.6) is 0 Å². The van der Waals surface area contributed by atoms with Gasteiger partial charge in [0.2, 0.25) is 0 Å². The molecule has 3 nitrogen and oxygen atoms in total. The maximum atomic E-state index is 6.15. The first kappa shape index (κ1) is 14.2. The lowest BCUT2D eigenvalue weighted by molar-refractivity contribution is 0.260. The maximum absolute atomic E-state index is 6.15. The van der Waals surface area contributed by atoms with E-state index in [1.54, 1.807) is 0 Å². The molecule has 4 heteroatoms. The lowest BCUT2D eigenvalue weighted by atomic mass is 10.1. The summed E-state index contributed by atoms with van der Waals surface area (Å²) in [5, 5.41) is 0. The molecule has 1 aromatic rings. The molecule has 0 bridgehead atoms. The van der Waals surface area contributed by atoms with E-state index in [9.17, 15) is 0 Å². The highest BCUT2D eigenvalue weighted by atomic mass is 35.5. The van der Waals surface area contributed by atoms with E-state index < -0.39 is 0 Å². The molecule has 0 aromatic carbocycles. The zero-order chi connectivity index (χ0) is 14.1. The summed E-state index contributed by atoms with van der Waals surface area (Å²) >= 11 is 6.15. The minimum Gasteiger partial charge on any atom is -0.355 e. The molecule has 2 saturated heterocycles. The Bertz CT molecular complexity index is 483. The Kier molecular flexibility index (Phi) is 4.18. The maximum Gasteiger partial charge on any atom is 0.133 e.